The van der Waals surface area contributed by atoms with Gasteiger partial charge in [0.1, 0.15) is 12.4 Å². The van der Waals surface area contributed by atoms with Gasteiger partial charge in [-0.3, -0.25) is 9.59 Å². The molecule has 0 aliphatic carbocycles. The molecule has 3 saturated heterocycles. The van der Waals surface area contributed by atoms with Crippen LogP contribution >= 0.6 is 11.6 Å². The number of ketones is 1. The fourth-order valence-corrected chi connectivity index (χ4v) is 5.15. The van der Waals surface area contributed by atoms with Crippen molar-refractivity contribution in [1.29, 1.82) is 0 Å². The third kappa shape index (κ3) is 3.89. The lowest BCUT2D eigenvalue weighted by Gasteiger charge is -2.44. The molecule has 1 amide bonds. The number of rotatable bonds is 6. The van der Waals surface area contributed by atoms with Gasteiger partial charge in [0.2, 0.25) is 0 Å². The number of para-hydroxylation sites is 1. The van der Waals surface area contributed by atoms with Crippen molar-refractivity contribution in [3.05, 3.63) is 64.8 Å². The third-order valence-corrected chi connectivity index (χ3v) is 7.08. The van der Waals surface area contributed by atoms with Crippen molar-refractivity contribution >= 4 is 34.2 Å². The second kappa shape index (κ2) is 8.60. The number of fused-ring (bicyclic) bond motifs is 4. The van der Waals surface area contributed by atoms with Crippen molar-refractivity contribution in [3.63, 3.8) is 0 Å². The van der Waals surface area contributed by atoms with Crippen molar-refractivity contribution in [2.24, 2.45) is 13.0 Å². The predicted octanol–water partition coefficient (Wildman–Crippen LogP) is 3.80. The van der Waals surface area contributed by atoms with E-state index in [9.17, 15) is 9.59 Å². The molecule has 7 heteroatoms. The van der Waals surface area contributed by atoms with Crippen molar-refractivity contribution in [3.8, 4) is 5.75 Å². The highest BCUT2D eigenvalue weighted by Gasteiger charge is 2.36. The van der Waals surface area contributed by atoms with Crippen LogP contribution < -0.4 is 10.1 Å². The molecule has 3 fully saturated rings. The Hall–Kier alpha value is -2.83. The topological polar surface area (TPSA) is 63.6 Å². The van der Waals surface area contributed by atoms with Crippen LogP contribution in [0.25, 0.3) is 10.9 Å². The van der Waals surface area contributed by atoms with Crippen LogP contribution in [0.5, 0.6) is 5.75 Å². The first-order valence-electron chi connectivity index (χ1n) is 11.0. The second-order valence-corrected chi connectivity index (χ2v) is 9.12. The summed E-state index contributed by atoms with van der Waals surface area (Å²) in [6.45, 7) is 3.16. The molecule has 1 N–H and O–H groups in total. The highest BCUT2D eigenvalue weighted by atomic mass is 35.5. The number of halogens is 1. The zero-order valence-electron chi connectivity index (χ0n) is 18.0. The van der Waals surface area contributed by atoms with Crippen LogP contribution in [0.15, 0.2) is 48.5 Å². The van der Waals surface area contributed by atoms with Crippen LogP contribution in [0.2, 0.25) is 5.02 Å². The van der Waals surface area contributed by atoms with Crippen molar-refractivity contribution in [1.82, 2.24) is 14.8 Å². The second-order valence-electron chi connectivity index (χ2n) is 8.69. The minimum absolute atomic E-state index is 0.0395. The lowest BCUT2D eigenvalue weighted by molar-refractivity contribution is -0.119. The number of carbonyl (C=O) groups is 2. The van der Waals surface area contributed by atoms with E-state index in [2.05, 4.69) is 10.2 Å². The zero-order chi connectivity index (χ0) is 22.2. The molecule has 2 aromatic carbocycles. The van der Waals surface area contributed by atoms with Gasteiger partial charge in [-0.15, -0.1) is 0 Å². The average molecular weight is 452 g/mol. The number of hydrogen-bond donors (Lipinski definition) is 1. The summed E-state index contributed by atoms with van der Waals surface area (Å²) in [6, 6.07) is 14.8. The van der Waals surface area contributed by atoms with E-state index in [1.54, 1.807) is 24.3 Å². The number of nitrogens with one attached hydrogen (secondary N) is 1. The smallest absolute Gasteiger partial charge is 0.292 e. The molecule has 2 bridgehead atoms. The number of piperidine rings is 3. The van der Waals surface area contributed by atoms with Crippen molar-refractivity contribution < 1.29 is 14.3 Å². The van der Waals surface area contributed by atoms with E-state index < -0.39 is 11.7 Å². The summed E-state index contributed by atoms with van der Waals surface area (Å²) in [5.74, 6) is 0.0626. The molecule has 0 spiro atoms. The van der Waals surface area contributed by atoms with Gasteiger partial charge in [0, 0.05) is 35.6 Å². The first-order valence-corrected chi connectivity index (χ1v) is 11.4. The summed E-state index contributed by atoms with van der Waals surface area (Å²) in [6.07, 6.45) is 2.15. The number of carbonyl (C=O) groups excluding carboxylic acids is 2. The van der Waals surface area contributed by atoms with E-state index in [0.29, 0.717) is 27.9 Å². The lowest BCUT2D eigenvalue weighted by Crippen LogP contribution is -2.58. The largest absolute Gasteiger partial charge is 0.487 e. The number of hydrogen-bond acceptors (Lipinski definition) is 4. The number of ether oxygens (including phenoxy) is 1. The van der Waals surface area contributed by atoms with Crippen LogP contribution in [-0.2, 0) is 18.4 Å². The maximum atomic E-state index is 13.4. The molecular weight excluding hydrogens is 426 g/mol. The average Bonchev–Trinajstić information content (AvgIpc) is 3.10. The van der Waals surface area contributed by atoms with E-state index >= 15 is 0 Å². The van der Waals surface area contributed by atoms with Gasteiger partial charge in [-0.05, 0) is 62.2 Å². The van der Waals surface area contributed by atoms with E-state index in [1.807, 2.05) is 35.9 Å². The lowest BCUT2D eigenvalue weighted by atomic mass is 9.84. The molecule has 1 aromatic heterocycles. The Morgan fingerprint density at radius 3 is 2.50 bits per heavy atom. The summed E-state index contributed by atoms with van der Waals surface area (Å²) < 4.78 is 7.88. The van der Waals surface area contributed by atoms with Crippen LogP contribution in [-0.4, -0.2) is 46.8 Å². The highest BCUT2D eigenvalue weighted by molar-refractivity contribution is 6.45. The Kier molecular flexibility index (Phi) is 5.66. The molecule has 4 heterocycles. The van der Waals surface area contributed by atoms with Crippen molar-refractivity contribution in [2.75, 3.05) is 19.6 Å². The Morgan fingerprint density at radius 2 is 1.81 bits per heavy atom. The molecule has 166 valence electrons. The molecule has 3 aliphatic heterocycles. The fourth-order valence-electron chi connectivity index (χ4n) is 5.03. The van der Waals surface area contributed by atoms with Gasteiger partial charge in [-0.2, -0.15) is 0 Å². The Morgan fingerprint density at radius 1 is 1.09 bits per heavy atom. The molecule has 3 aromatic rings. The number of aryl methyl sites for hydroxylation is 1. The quantitative estimate of drug-likeness (QED) is 0.457. The fraction of sp³-hybridized carbons (Fsp3) is 0.360. The van der Waals surface area contributed by atoms with E-state index in [0.717, 1.165) is 43.4 Å². The molecule has 6 nitrogen and oxygen atoms in total. The predicted molar refractivity (Wildman–Crippen MR) is 124 cm³/mol. The van der Waals surface area contributed by atoms with Crippen LogP contribution in [0.3, 0.4) is 0 Å². The summed E-state index contributed by atoms with van der Waals surface area (Å²) in [4.78, 5) is 28.8. The molecule has 1 atom stereocenters. The van der Waals surface area contributed by atoms with Gasteiger partial charge < -0.3 is 19.5 Å². The molecule has 6 rings (SSSR count). The maximum Gasteiger partial charge on any atom is 0.292 e. The molecule has 0 radical (unpaired) electrons. The Labute approximate surface area is 192 Å². The number of benzene rings is 2. The van der Waals surface area contributed by atoms with Crippen LogP contribution in [0.4, 0.5) is 0 Å². The van der Waals surface area contributed by atoms with Crippen LogP contribution in [0.1, 0.15) is 28.9 Å². The Balaban J connectivity index is 1.42. The van der Waals surface area contributed by atoms with Gasteiger partial charge in [-0.25, -0.2) is 0 Å². The van der Waals surface area contributed by atoms with Crippen molar-refractivity contribution in [2.45, 2.75) is 25.5 Å². The third-order valence-electron chi connectivity index (χ3n) is 6.82. The van der Waals surface area contributed by atoms with Gasteiger partial charge in [0.15, 0.2) is 0 Å². The van der Waals surface area contributed by atoms with E-state index in [1.165, 1.54) is 0 Å². The minimum Gasteiger partial charge on any atom is -0.487 e. The van der Waals surface area contributed by atoms with Gasteiger partial charge in [0.05, 0.1) is 11.3 Å². The minimum atomic E-state index is -0.534. The molecular formula is C25H26ClN3O3. The summed E-state index contributed by atoms with van der Waals surface area (Å²) in [7, 11) is 1.89. The highest BCUT2D eigenvalue weighted by Crippen LogP contribution is 2.29. The molecule has 0 saturated carbocycles. The van der Waals surface area contributed by atoms with Crippen LogP contribution in [0, 0.1) is 5.92 Å². The van der Waals surface area contributed by atoms with E-state index in [4.69, 9.17) is 16.3 Å². The van der Waals surface area contributed by atoms with Gasteiger partial charge in [-0.1, -0.05) is 29.8 Å². The molecule has 32 heavy (non-hydrogen) atoms. The zero-order valence-corrected chi connectivity index (χ0v) is 18.8. The molecule has 3 aliphatic rings. The first kappa shape index (κ1) is 21.0. The number of amides is 1. The normalized spacial score (nSPS) is 22.1. The van der Waals surface area contributed by atoms with Gasteiger partial charge in [0.25, 0.3) is 11.7 Å². The number of nitrogens with zero attached hydrogens (tertiary/aromatic N) is 2. The number of Topliss-reactive ketones (excluding diaryl/α,β-unsaturated/α-hetero) is 1. The standard InChI is InChI=1S/C25H26ClN3O3/c1-28-21-5-3-2-4-19(21)23(22(28)15-32-18-8-6-17(26)7-9-18)24(30)25(31)27-20-14-29-12-10-16(20)11-13-29/h2-9,16,20H,10-15H2,1H3,(H,27,31). The number of aromatic nitrogens is 1. The molecule has 1 unspecified atom stereocenters. The SMILES string of the molecule is Cn1c(COc2ccc(Cl)cc2)c(C(=O)C(=O)NC2CN3CCC2CC3)c2ccccc21. The summed E-state index contributed by atoms with van der Waals surface area (Å²) in [5, 5.41) is 4.42. The monoisotopic (exact) mass is 451 g/mol. The van der Waals surface area contributed by atoms with Gasteiger partial charge >= 0.3 is 0 Å². The maximum absolute atomic E-state index is 13.4. The Bertz CT molecular complexity index is 1160. The summed E-state index contributed by atoms with van der Waals surface area (Å²) >= 11 is 5.96. The summed E-state index contributed by atoms with van der Waals surface area (Å²) in [5.41, 5.74) is 1.98. The first-order chi connectivity index (χ1) is 15.5. The van der Waals surface area contributed by atoms with E-state index in [-0.39, 0.29) is 12.6 Å².